The van der Waals surface area contributed by atoms with Gasteiger partial charge in [-0.25, -0.2) is 0 Å². The minimum Gasteiger partial charge on any atom is -0.497 e. The average Bonchev–Trinajstić information content (AvgIpc) is 3.28. The molecule has 0 spiro atoms. The maximum atomic E-state index is 12.8. The predicted molar refractivity (Wildman–Crippen MR) is 106 cm³/mol. The zero-order valence-corrected chi connectivity index (χ0v) is 16.1. The molecule has 1 aliphatic rings. The normalized spacial score (nSPS) is 16.4. The maximum Gasteiger partial charge on any atom is 0.261 e. The van der Waals surface area contributed by atoms with Crippen LogP contribution in [0.1, 0.15) is 11.9 Å². The lowest BCUT2D eigenvalue weighted by Gasteiger charge is -2.33. The van der Waals surface area contributed by atoms with Crippen LogP contribution < -0.4 is 14.8 Å². The molecular weight excluding hydrogens is 372 g/mol. The number of hydrogen-bond donors (Lipinski definition) is 1. The molecule has 0 radical (unpaired) electrons. The van der Waals surface area contributed by atoms with Crippen molar-refractivity contribution >= 4 is 5.91 Å². The van der Waals surface area contributed by atoms with Gasteiger partial charge >= 0.3 is 0 Å². The lowest BCUT2D eigenvalue weighted by Crippen LogP contribution is -2.50. The number of nitrogens with one attached hydrogen (secondary N) is 1. The molecule has 8 nitrogen and oxygen atoms in total. The summed E-state index contributed by atoms with van der Waals surface area (Å²) in [6.45, 7) is 1.75. The van der Waals surface area contributed by atoms with Gasteiger partial charge in [-0.1, -0.05) is 23.4 Å². The minimum atomic E-state index is -0.338. The van der Waals surface area contributed by atoms with E-state index in [2.05, 4.69) is 15.5 Å². The molecule has 1 aliphatic heterocycles. The summed E-state index contributed by atoms with van der Waals surface area (Å²) in [7, 11) is 1.62. The monoisotopic (exact) mass is 394 g/mol. The largest absolute Gasteiger partial charge is 0.497 e. The van der Waals surface area contributed by atoms with Gasteiger partial charge in [0.2, 0.25) is 5.82 Å². The van der Waals surface area contributed by atoms with E-state index in [0.717, 1.165) is 11.3 Å². The van der Waals surface area contributed by atoms with E-state index in [4.69, 9.17) is 14.0 Å². The van der Waals surface area contributed by atoms with Gasteiger partial charge in [-0.3, -0.25) is 4.79 Å². The lowest BCUT2D eigenvalue weighted by molar-refractivity contribution is -0.137. The number of carbonyl (C=O) groups excluding carboxylic acids is 1. The molecule has 8 heteroatoms. The highest BCUT2D eigenvalue weighted by atomic mass is 16.5. The van der Waals surface area contributed by atoms with Crippen LogP contribution in [0.4, 0.5) is 0 Å². The zero-order chi connectivity index (χ0) is 20.1. The van der Waals surface area contributed by atoms with Gasteiger partial charge < -0.3 is 24.2 Å². The predicted octanol–water partition coefficient (Wildman–Crippen LogP) is 2.30. The number of hydrogen-bond acceptors (Lipinski definition) is 7. The Morgan fingerprint density at radius 1 is 1.17 bits per heavy atom. The van der Waals surface area contributed by atoms with Crippen LogP contribution in [0.2, 0.25) is 0 Å². The van der Waals surface area contributed by atoms with Crippen LogP contribution in [-0.4, -0.2) is 54.3 Å². The number of aromatic nitrogens is 2. The second-order valence-corrected chi connectivity index (χ2v) is 6.59. The Morgan fingerprint density at radius 2 is 1.97 bits per heavy atom. The molecule has 1 unspecified atom stereocenters. The van der Waals surface area contributed by atoms with Crippen LogP contribution in [0.3, 0.4) is 0 Å². The van der Waals surface area contributed by atoms with Crippen molar-refractivity contribution in [2.24, 2.45) is 0 Å². The van der Waals surface area contributed by atoms with Gasteiger partial charge in [-0.2, -0.15) is 4.98 Å². The quantitative estimate of drug-likeness (QED) is 0.686. The molecule has 29 heavy (non-hydrogen) atoms. The molecule has 2 heterocycles. The summed E-state index contributed by atoms with van der Waals surface area (Å²) in [6.07, 6.45) is 0. The molecule has 4 rings (SSSR count). The number of carbonyl (C=O) groups is 1. The van der Waals surface area contributed by atoms with Crippen LogP contribution in [-0.2, 0) is 4.79 Å². The third kappa shape index (κ3) is 4.38. The topological polar surface area (TPSA) is 89.7 Å². The first-order chi connectivity index (χ1) is 14.2. The van der Waals surface area contributed by atoms with E-state index in [1.54, 1.807) is 12.0 Å². The average molecular weight is 394 g/mol. The van der Waals surface area contributed by atoms with Gasteiger partial charge in [0.25, 0.3) is 11.8 Å². The molecule has 0 bridgehead atoms. The molecule has 1 N–H and O–H groups in total. The van der Waals surface area contributed by atoms with E-state index in [1.165, 1.54) is 0 Å². The summed E-state index contributed by atoms with van der Waals surface area (Å²) in [4.78, 5) is 19.0. The van der Waals surface area contributed by atoms with Gasteiger partial charge in [-0.15, -0.1) is 0 Å². The van der Waals surface area contributed by atoms with Crippen molar-refractivity contribution in [1.29, 1.82) is 0 Å². The van der Waals surface area contributed by atoms with Gasteiger partial charge in [0.05, 0.1) is 7.11 Å². The number of para-hydroxylation sites is 1. The number of ether oxygens (including phenoxy) is 2. The molecule has 3 aromatic rings. The van der Waals surface area contributed by atoms with E-state index in [1.807, 2.05) is 54.6 Å². The van der Waals surface area contributed by atoms with Crippen molar-refractivity contribution in [3.05, 3.63) is 60.5 Å². The molecule has 150 valence electrons. The standard InChI is InChI=1S/C21H22N4O4/c1-27-16-9-7-15(8-10-16)20-23-21(29-24-20)18-13-22-11-12-25(18)19(26)14-28-17-5-3-2-4-6-17/h2-10,18,22H,11-14H2,1H3. The fraction of sp³-hybridized carbons (Fsp3) is 0.286. The zero-order valence-electron chi connectivity index (χ0n) is 16.1. The number of rotatable bonds is 6. The Morgan fingerprint density at radius 3 is 2.72 bits per heavy atom. The molecule has 1 fully saturated rings. The first kappa shape index (κ1) is 18.9. The van der Waals surface area contributed by atoms with Gasteiger partial charge in [0, 0.05) is 25.2 Å². The van der Waals surface area contributed by atoms with Crippen molar-refractivity contribution < 1.29 is 18.8 Å². The third-order valence-electron chi connectivity index (χ3n) is 4.74. The first-order valence-electron chi connectivity index (χ1n) is 9.40. The SMILES string of the molecule is COc1ccc(-c2noc(C3CNCCN3C(=O)COc3ccccc3)n2)cc1. The van der Waals surface area contributed by atoms with Crippen LogP contribution in [0, 0.1) is 0 Å². The summed E-state index contributed by atoms with van der Waals surface area (Å²) in [5.41, 5.74) is 0.815. The van der Waals surface area contributed by atoms with Crippen molar-refractivity contribution in [2.45, 2.75) is 6.04 Å². The smallest absolute Gasteiger partial charge is 0.261 e. The van der Waals surface area contributed by atoms with E-state index >= 15 is 0 Å². The number of piperazine rings is 1. The van der Waals surface area contributed by atoms with E-state index < -0.39 is 0 Å². The fourth-order valence-electron chi connectivity index (χ4n) is 3.20. The van der Waals surface area contributed by atoms with Crippen LogP contribution in [0.25, 0.3) is 11.4 Å². The molecule has 0 aliphatic carbocycles. The minimum absolute atomic E-state index is 0.0417. The van der Waals surface area contributed by atoms with Crippen molar-refractivity contribution in [2.75, 3.05) is 33.4 Å². The molecule has 1 amide bonds. The Labute approximate surface area is 168 Å². The Bertz CT molecular complexity index is 943. The Balaban J connectivity index is 1.47. The molecule has 1 aromatic heterocycles. The molecule has 2 aromatic carbocycles. The number of nitrogens with zero attached hydrogens (tertiary/aromatic N) is 3. The van der Waals surface area contributed by atoms with E-state index in [0.29, 0.717) is 37.1 Å². The highest BCUT2D eigenvalue weighted by Crippen LogP contribution is 2.25. The summed E-state index contributed by atoms with van der Waals surface area (Å²) in [6, 6.07) is 16.3. The van der Waals surface area contributed by atoms with Crippen molar-refractivity contribution in [3.63, 3.8) is 0 Å². The van der Waals surface area contributed by atoms with E-state index in [-0.39, 0.29) is 18.6 Å². The highest BCUT2D eigenvalue weighted by molar-refractivity contribution is 5.78. The molecule has 0 saturated carbocycles. The summed E-state index contributed by atoms with van der Waals surface area (Å²) >= 11 is 0. The van der Waals surface area contributed by atoms with Crippen molar-refractivity contribution in [1.82, 2.24) is 20.4 Å². The summed E-state index contributed by atoms with van der Waals surface area (Å²) in [5, 5.41) is 7.36. The number of methoxy groups -OCH3 is 1. The second kappa shape index (κ2) is 8.74. The van der Waals surface area contributed by atoms with Gasteiger partial charge in [0.15, 0.2) is 6.61 Å². The fourth-order valence-corrected chi connectivity index (χ4v) is 3.20. The van der Waals surface area contributed by atoms with Gasteiger partial charge in [-0.05, 0) is 36.4 Å². The molecule has 1 saturated heterocycles. The highest BCUT2D eigenvalue weighted by Gasteiger charge is 2.32. The number of benzene rings is 2. The molecule has 1 atom stereocenters. The van der Waals surface area contributed by atoms with E-state index in [9.17, 15) is 4.79 Å². The Hall–Kier alpha value is -3.39. The maximum absolute atomic E-state index is 12.8. The summed E-state index contributed by atoms with van der Waals surface area (Å²) in [5.74, 6) is 2.16. The van der Waals surface area contributed by atoms with Crippen LogP contribution >= 0.6 is 0 Å². The second-order valence-electron chi connectivity index (χ2n) is 6.59. The van der Waals surface area contributed by atoms with Gasteiger partial charge in [0.1, 0.15) is 17.5 Å². The third-order valence-corrected chi connectivity index (χ3v) is 4.74. The summed E-state index contributed by atoms with van der Waals surface area (Å²) < 4.78 is 16.3. The number of amides is 1. The van der Waals surface area contributed by atoms with Crippen LogP contribution in [0.15, 0.2) is 59.1 Å². The lowest BCUT2D eigenvalue weighted by atomic mass is 10.1. The van der Waals surface area contributed by atoms with Crippen molar-refractivity contribution in [3.8, 4) is 22.9 Å². The van der Waals surface area contributed by atoms with Crippen LogP contribution in [0.5, 0.6) is 11.5 Å². The molecular formula is C21H22N4O4. The first-order valence-corrected chi connectivity index (χ1v) is 9.40. The Kier molecular flexibility index (Phi) is 5.71.